The maximum Gasteiger partial charge on any atom is 0.319 e. The number of rotatable bonds is 8. The van der Waals surface area contributed by atoms with Gasteiger partial charge in [0.15, 0.2) is 0 Å². The molecular formula is C15H23N3O3. The molecule has 0 fully saturated rings. The minimum absolute atomic E-state index is 0.172. The van der Waals surface area contributed by atoms with Crippen molar-refractivity contribution in [1.82, 2.24) is 5.32 Å². The number of carboxylic acid groups (broad SMARTS) is 1. The second kappa shape index (κ2) is 8.84. The third kappa shape index (κ3) is 6.65. The molecule has 1 aromatic carbocycles. The van der Waals surface area contributed by atoms with Gasteiger partial charge in [-0.05, 0) is 30.9 Å². The van der Waals surface area contributed by atoms with E-state index < -0.39 is 5.97 Å². The number of nitrogens with one attached hydrogen (secondary N) is 2. The first-order valence-corrected chi connectivity index (χ1v) is 7.14. The molecule has 6 nitrogen and oxygen atoms in total. The first-order chi connectivity index (χ1) is 10.0. The molecule has 0 aliphatic carbocycles. The molecular weight excluding hydrogens is 270 g/mol. The molecule has 1 rings (SSSR count). The van der Waals surface area contributed by atoms with Crippen LogP contribution in [-0.4, -0.2) is 23.7 Å². The lowest BCUT2D eigenvalue weighted by molar-refractivity contribution is -0.137. The van der Waals surface area contributed by atoms with Gasteiger partial charge in [-0.2, -0.15) is 0 Å². The Hall–Kier alpha value is -2.24. The highest BCUT2D eigenvalue weighted by atomic mass is 16.4. The van der Waals surface area contributed by atoms with Gasteiger partial charge in [0.05, 0.1) is 11.4 Å². The minimum Gasteiger partial charge on any atom is -0.481 e. The number of carboxylic acids is 1. The molecule has 1 unspecified atom stereocenters. The van der Waals surface area contributed by atoms with Gasteiger partial charge in [-0.1, -0.05) is 25.5 Å². The number of hydrogen-bond donors (Lipinski definition) is 4. The summed E-state index contributed by atoms with van der Waals surface area (Å²) in [6, 6.07) is 6.74. The quantitative estimate of drug-likeness (QED) is 0.553. The summed E-state index contributed by atoms with van der Waals surface area (Å²) in [6.07, 6.45) is 2.48. The van der Waals surface area contributed by atoms with Crippen molar-refractivity contribution in [3.63, 3.8) is 0 Å². The third-order valence-electron chi connectivity index (χ3n) is 3.39. The molecule has 1 aromatic rings. The van der Waals surface area contributed by atoms with E-state index in [-0.39, 0.29) is 12.5 Å². The van der Waals surface area contributed by atoms with E-state index in [4.69, 9.17) is 10.8 Å². The van der Waals surface area contributed by atoms with Crippen LogP contribution in [0.5, 0.6) is 0 Å². The van der Waals surface area contributed by atoms with Crippen molar-refractivity contribution in [3.8, 4) is 0 Å². The number of anilines is 2. The van der Waals surface area contributed by atoms with Crippen molar-refractivity contribution in [1.29, 1.82) is 0 Å². The van der Waals surface area contributed by atoms with Crippen LogP contribution in [-0.2, 0) is 4.79 Å². The number of carbonyl (C=O) groups is 2. The van der Waals surface area contributed by atoms with Crippen LogP contribution >= 0.6 is 0 Å². The molecule has 116 valence electrons. The van der Waals surface area contributed by atoms with E-state index in [9.17, 15) is 9.59 Å². The van der Waals surface area contributed by atoms with Crippen LogP contribution < -0.4 is 16.4 Å². The number of carbonyl (C=O) groups excluding carboxylic acids is 1. The van der Waals surface area contributed by atoms with Gasteiger partial charge in [0.2, 0.25) is 0 Å². The Morgan fingerprint density at radius 1 is 1.29 bits per heavy atom. The van der Waals surface area contributed by atoms with Gasteiger partial charge in [-0.15, -0.1) is 0 Å². The summed E-state index contributed by atoms with van der Waals surface area (Å²) < 4.78 is 0. The highest BCUT2D eigenvalue weighted by molar-refractivity contribution is 5.92. The lowest BCUT2D eigenvalue weighted by Crippen LogP contribution is -2.30. The first kappa shape index (κ1) is 16.8. The summed E-state index contributed by atoms with van der Waals surface area (Å²) in [5, 5.41) is 14.1. The Labute approximate surface area is 124 Å². The van der Waals surface area contributed by atoms with Crippen molar-refractivity contribution in [2.45, 2.75) is 32.6 Å². The number of benzene rings is 1. The molecule has 0 radical (unpaired) electrons. The molecule has 0 heterocycles. The Bertz CT molecular complexity index is 477. The average molecular weight is 293 g/mol. The third-order valence-corrected chi connectivity index (χ3v) is 3.39. The Kier molecular flexibility index (Phi) is 7.08. The van der Waals surface area contributed by atoms with E-state index in [1.807, 2.05) is 6.92 Å². The Morgan fingerprint density at radius 3 is 2.62 bits per heavy atom. The molecule has 1 atom stereocenters. The molecule has 0 bridgehead atoms. The highest BCUT2D eigenvalue weighted by Crippen LogP contribution is 2.17. The smallest absolute Gasteiger partial charge is 0.319 e. The van der Waals surface area contributed by atoms with E-state index in [0.717, 1.165) is 12.8 Å². The van der Waals surface area contributed by atoms with Crippen molar-refractivity contribution in [3.05, 3.63) is 24.3 Å². The van der Waals surface area contributed by atoms with Gasteiger partial charge >= 0.3 is 12.0 Å². The maximum atomic E-state index is 11.7. The van der Waals surface area contributed by atoms with E-state index in [1.165, 1.54) is 0 Å². The van der Waals surface area contributed by atoms with E-state index in [2.05, 4.69) is 10.6 Å². The lowest BCUT2D eigenvalue weighted by Gasteiger charge is -2.14. The summed E-state index contributed by atoms with van der Waals surface area (Å²) in [5.74, 6) is -0.470. The number of para-hydroxylation sites is 2. The molecule has 2 amide bonds. The molecule has 0 aliphatic heterocycles. The monoisotopic (exact) mass is 293 g/mol. The second-order valence-electron chi connectivity index (χ2n) is 4.96. The fourth-order valence-corrected chi connectivity index (χ4v) is 2.05. The van der Waals surface area contributed by atoms with Crippen LogP contribution in [0.25, 0.3) is 0 Å². The molecule has 0 aromatic heterocycles. The summed E-state index contributed by atoms with van der Waals surface area (Å²) in [4.78, 5) is 22.3. The van der Waals surface area contributed by atoms with Crippen molar-refractivity contribution >= 4 is 23.4 Å². The molecule has 0 saturated heterocycles. The average Bonchev–Trinajstić information content (AvgIpc) is 2.45. The van der Waals surface area contributed by atoms with Crippen molar-refractivity contribution < 1.29 is 14.7 Å². The fourth-order valence-electron chi connectivity index (χ4n) is 2.05. The summed E-state index contributed by atoms with van der Waals surface area (Å²) in [5.41, 5.74) is 6.83. The number of urea groups is 1. The zero-order valence-corrected chi connectivity index (χ0v) is 12.3. The molecule has 0 spiro atoms. The van der Waals surface area contributed by atoms with Crippen LogP contribution in [0.2, 0.25) is 0 Å². The SMILES string of the molecule is CCC(CCNC(=O)Nc1ccccc1N)CCC(=O)O. The van der Waals surface area contributed by atoms with Gasteiger partial charge in [0.1, 0.15) is 0 Å². The largest absolute Gasteiger partial charge is 0.481 e. The maximum absolute atomic E-state index is 11.7. The van der Waals surface area contributed by atoms with E-state index in [1.54, 1.807) is 24.3 Å². The van der Waals surface area contributed by atoms with Crippen LogP contribution in [0, 0.1) is 5.92 Å². The topological polar surface area (TPSA) is 104 Å². The van der Waals surface area contributed by atoms with Crippen LogP contribution in [0.1, 0.15) is 32.6 Å². The van der Waals surface area contributed by atoms with Gasteiger partial charge in [-0.3, -0.25) is 4.79 Å². The van der Waals surface area contributed by atoms with Crippen LogP contribution in [0.3, 0.4) is 0 Å². The standard InChI is InChI=1S/C15H23N3O3/c1-2-11(7-8-14(19)20)9-10-17-15(21)18-13-6-4-3-5-12(13)16/h3-6,11H,2,7-10,16H2,1H3,(H,19,20)(H2,17,18,21). The van der Waals surface area contributed by atoms with Crippen molar-refractivity contribution in [2.24, 2.45) is 5.92 Å². The zero-order valence-electron chi connectivity index (χ0n) is 12.3. The predicted molar refractivity (Wildman–Crippen MR) is 83.1 cm³/mol. The molecule has 0 saturated carbocycles. The summed E-state index contributed by atoms with van der Waals surface area (Å²) in [6.45, 7) is 2.54. The van der Waals surface area contributed by atoms with Gasteiger partial charge in [-0.25, -0.2) is 4.79 Å². The van der Waals surface area contributed by atoms with Crippen molar-refractivity contribution in [2.75, 3.05) is 17.6 Å². The highest BCUT2D eigenvalue weighted by Gasteiger charge is 2.10. The summed E-state index contributed by atoms with van der Waals surface area (Å²) in [7, 11) is 0. The molecule has 21 heavy (non-hydrogen) atoms. The zero-order chi connectivity index (χ0) is 15.7. The Balaban J connectivity index is 2.29. The van der Waals surface area contributed by atoms with E-state index >= 15 is 0 Å². The normalized spacial score (nSPS) is 11.7. The van der Waals surface area contributed by atoms with Gasteiger partial charge < -0.3 is 21.5 Å². The molecule has 0 aliphatic rings. The van der Waals surface area contributed by atoms with E-state index in [0.29, 0.717) is 30.3 Å². The fraction of sp³-hybridized carbons (Fsp3) is 0.467. The number of aliphatic carboxylic acids is 1. The number of amides is 2. The lowest BCUT2D eigenvalue weighted by atomic mass is 9.97. The van der Waals surface area contributed by atoms with Crippen LogP contribution in [0.15, 0.2) is 24.3 Å². The Morgan fingerprint density at radius 2 is 2.00 bits per heavy atom. The number of hydrogen-bond acceptors (Lipinski definition) is 3. The molecule has 5 N–H and O–H groups in total. The molecule has 6 heteroatoms. The van der Waals surface area contributed by atoms with Crippen LogP contribution in [0.4, 0.5) is 16.2 Å². The minimum atomic E-state index is -0.779. The first-order valence-electron chi connectivity index (χ1n) is 7.14. The van der Waals surface area contributed by atoms with Gasteiger partial charge in [0, 0.05) is 13.0 Å². The number of nitrogen functional groups attached to an aromatic ring is 1. The number of nitrogens with two attached hydrogens (primary N) is 1. The van der Waals surface area contributed by atoms with Gasteiger partial charge in [0.25, 0.3) is 0 Å². The predicted octanol–water partition coefficient (Wildman–Crippen LogP) is 2.67. The summed E-state index contributed by atoms with van der Waals surface area (Å²) >= 11 is 0. The second-order valence-corrected chi connectivity index (χ2v) is 4.96.